The zero-order valence-electron chi connectivity index (χ0n) is 14.1. The minimum absolute atomic E-state index is 0.0441. The molecule has 0 aliphatic rings. The van der Waals surface area contributed by atoms with Gasteiger partial charge in [-0.25, -0.2) is 9.18 Å². The topological polar surface area (TPSA) is 66.8 Å². The van der Waals surface area contributed by atoms with Crippen molar-refractivity contribution < 1.29 is 24.1 Å². The molecule has 5 heteroatoms. The molecule has 24 heavy (non-hydrogen) atoms. The molecule has 0 fully saturated rings. The monoisotopic (exact) mass is 334 g/mol. The highest BCUT2D eigenvalue weighted by molar-refractivity contribution is 5.88. The second kappa shape index (κ2) is 7.28. The van der Waals surface area contributed by atoms with Crippen LogP contribution < -0.4 is 0 Å². The summed E-state index contributed by atoms with van der Waals surface area (Å²) in [5, 5.41) is 22.5. The number of hydrogen-bond donors (Lipinski definition) is 2. The van der Waals surface area contributed by atoms with E-state index in [-0.39, 0.29) is 12.2 Å². The van der Waals surface area contributed by atoms with Crippen molar-refractivity contribution in [2.45, 2.75) is 38.6 Å². The first kappa shape index (κ1) is 18.4. The fourth-order valence-corrected chi connectivity index (χ4v) is 2.84. The molecule has 0 saturated carbocycles. The van der Waals surface area contributed by atoms with Gasteiger partial charge in [0.25, 0.3) is 5.67 Å². The van der Waals surface area contributed by atoms with Crippen LogP contribution in [0.2, 0.25) is 0 Å². The summed E-state index contributed by atoms with van der Waals surface area (Å²) in [6, 6.07) is 12.2. The van der Waals surface area contributed by atoms with Crippen LogP contribution >= 0.6 is 0 Å². The maximum Gasteiger partial charge on any atom is 0.349 e. The SMILES string of the molecule is CCOC(=O)C(F)(C(O)c1cccc2ccccc12)C(O)C(C)C. The van der Waals surface area contributed by atoms with Crippen LogP contribution in [0.3, 0.4) is 0 Å². The van der Waals surface area contributed by atoms with Crippen molar-refractivity contribution in [2.24, 2.45) is 5.92 Å². The van der Waals surface area contributed by atoms with Gasteiger partial charge in [0, 0.05) is 0 Å². The molecular formula is C19H23FO4. The molecule has 0 aliphatic carbocycles. The Bertz CT molecular complexity index is 710. The van der Waals surface area contributed by atoms with E-state index in [0.29, 0.717) is 5.39 Å². The van der Waals surface area contributed by atoms with Gasteiger partial charge in [0.1, 0.15) is 12.2 Å². The molecule has 0 aliphatic heterocycles. The average Bonchev–Trinajstić information content (AvgIpc) is 2.59. The number of hydrogen-bond acceptors (Lipinski definition) is 4. The molecule has 0 spiro atoms. The van der Waals surface area contributed by atoms with Crippen molar-refractivity contribution in [3.63, 3.8) is 0 Å². The van der Waals surface area contributed by atoms with Crippen molar-refractivity contribution >= 4 is 16.7 Å². The third-order valence-electron chi connectivity index (χ3n) is 4.17. The second-order valence-corrected chi connectivity index (χ2v) is 6.15. The van der Waals surface area contributed by atoms with Gasteiger partial charge in [-0.1, -0.05) is 56.3 Å². The summed E-state index contributed by atoms with van der Waals surface area (Å²) in [7, 11) is 0. The highest BCUT2D eigenvalue weighted by Gasteiger charge is 2.55. The molecule has 2 aromatic rings. The third-order valence-corrected chi connectivity index (χ3v) is 4.17. The van der Waals surface area contributed by atoms with Gasteiger partial charge in [-0.2, -0.15) is 0 Å². The maximum absolute atomic E-state index is 15.6. The molecule has 130 valence electrons. The van der Waals surface area contributed by atoms with Crippen LogP contribution in [0.25, 0.3) is 10.8 Å². The van der Waals surface area contributed by atoms with E-state index in [1.165, 1.54) is 0 Å². The fourth-order valence-electron chi connectivity index (χ4n) is 2.84. The van der Waals surface area contributed by atoms with E-state index in [1.807, 2.05) is 18.2 Å². The number of rotatable bonds is 6. The lowest BCUT2D eigenvalue weighted by Crippen LogP contribution is -2.53. The van der Waals surface area contributed by atoms with Crippen LogP contribution in [0, 0.1) is 5.92 Å². The summed E-state index contributed by atoms with van der Waals surface area (Å²) in [6.45, 7) is 4.66. The molecule has 3 atom stereocenters. The summed E-state index contributed by atoms with van der Waals surface area (Å²) in [6.07, 6.45) is -3.55. The quantitative estimate of drug-likeness (QED) is 0.797. The predicted octanol–water partition coefficient (Wildman–Crippen LogP) is 3.16. The number of alkyl halides is 1. The lowest BCUT2D eigenvalue weighted by atomic mass is 9.81. The number of benzene rings is 2. The summed E-state index contributed by atoms with van der Waals surface area (Å²) >= 11 is 0. The summed E-state index contributed by atoms with van der Waals surface area (Å²) < 4.78 is 20.4. The number of carbonyl (C=O) groups excluding carboxylic acids is 1. The molecule has 2 N–H and O–H groups in total. The van der Waals surface area contributed by atoms with Gasteiger partial charge in [0.2, 0.25) is 0 Å². The summed E-state index contributed by atoms with van der Waals surface area (Å²) in [5.41, 5.74) is -2.71. The molecule has 3 unspecified atom stereocenters. The fraction of sp³-hybridized carbons (Fsp3) is 0.421. The Labute approximate surface area is 140 Å². The highest BCUT2D eigenvalue weighted by atomic mass is 19.1. The van der Waals surface area contributed by atoms with Gasteiger partial charge >= 0.3 is 5.97 Å². The molecule has 0 bridgehead atoms. The van der Waals surface area contributed by atoms with E-state index in [4.69, 9.17) is 4.74 Å². The van der Waals surface area contributed by atoms with Crippen LogP contribution in [-0.2, 0) is 9.53 Å². The van der Waals surface area contributed by atoms with Crippen LogP contribution in [0.5, 0.6) is 0 Å². The lowest BCUT2D eigenvalue weighted by molar-refractivity contribution is -0.184. The first-order chi connectivity index (χ1) is 11.3. The van der Waals surface area contributed by atoms with Crippen LogP contribution in [-0.4, -0.2) is 34.6 Å². The minimum Gasteiger partial charge on any atom is -0.463 e. The van der Waals surface area contributed by atoms with Crippen LogP contribution in [0.15, 0.2) is 42.5 Å². The Morgan fingerprint density at radius 2 is 1.79 bits per heavy atom. The Balaban J connectivity index is 2.58. The van der Waals surface area contributed by atoms with E-state index in [0.717, 1.165) is 5.39 Å². The van der Waals surface area contributed by atoms with Gasteiger partial charge in [-0.3, -0.25) is 0 Å². The smallest absolute Gasteiger partial charge is 0.349 e. The second-order valence-electron chi connectivity index (χ2n) is 6.15. The largest absolute Gasteiger partial charge is 0.463 e. The predicted molar refractivity (Wildman–Crippen MR) is 90.2 cm³/mol. The molecule has 0 heterocycles. The van der Waals surface area contributed by atoms with Crippen molar-refractivity contribution in [1.82, 2.24) is 0 Å². The highest BCUT2D eigenvalue weighted by Crippen LogP contribution is 2.39. The Hall–Kier alpha value is -1.98. The first-order valence-electron chi connectivity index (χ1n) is 8.03. The van der Waals surface area contributed by atoms with Gasteiger partial charge in [0.05, 0.1) is 6.61 Å². The van der Waals surface area contributed by atoms with Crippen molar-refractivity contribution in [3.05, 3.63) is 48.0 Å². The number of carbonyl (C=O) groups is 1. The Kier molecular flexibility index (Phi) is 5.57. The number of ether oxygens (including phenoxy) is 1. The maximum atomic E-state index is 15.6. The van der Waals surface area contributed by atoms with E-state index in [2.05, 4.69) is 0 Å². The van der Waals surface area contributed by atoms with E-state index < -0.39 is 29.8 Å². The van der Waals surface area contributed by atoms with Gasteiger partial charge in [0.15, 0.2) is 0 Å². The summed E-state index contributed by atoms with van der Waals surface area (Å²) in [5.74, 6) is -1.84. The molecule has 0 amide bonds. The molecule has 0 radical (unpaired) electrons. The zero-order valence-corrected chi connectivity index (χ0v) is 14.1. The summed E-state index contributed by atoms with van der Waals surface area (Å²) in [4.78, 5) is 12.2. The van der Waals surface area contributed by atoms with Gasteiger partial charge in [-0.15, -0.1) is 0 Å². The molecular weight excluding hydrogens is 311 g/mol. The van der Waals surface area contributed by atoms with Gasteiger partial charge in [-0.05, 0) is 29.2 Å². The number of aliphatic hydroxyl groups is 2. The van der Waals surface area contributed by atoms with E-state index in [1.54, 1.807) is 45.0 Å². The Morgan fingerprint density at radius 3 is 2.42 bits per heavy atom. The first-order valence-corrected chi connectivity index (χ1v) is 8.03. The molecule has 0 saturated heterocycles. The van der Waals surface area contributed by atoms with Crippen molar-refractivity contribution in [1.29, 1.82) is 0 Å². The van der Waals surface area contributed by atoms with E-state index in [9.17, 15) is 15.0 Å². The van der Waals surface area contributed by atoms with Crippen molar-refractivity contribution in [3.8, 4) is 0 Å². The molecule has 4 nitrogen and oxygen atoms in total. The lowest BCUT2D eigenvalue weighted by Gasteiger charge is -2.34. The zero-order chi connectivity index (χ0) is 17.9. The Morgan fingerprint density at radius 1 is 1.17 bits per heavy atom. The number of esters is 1. The molecule has 2 rings (SSSR count). The number of halogens is 1. The van der Waals surface area contributed by atoms with Crippen molar-refractivity contribution in [2.75, 3.05) is 6.61 Å². The standard InChI is InChI=1S/C19H23FO4/c1-4-24-18(23)19(20,16(21)12(2)3)17(22)15-11-7-9-13-8-5-6-10-14(13)15/h5-12,16-17,21-22H,4H2,1-3H3. The normalized spacial score (nSPS) is 16.6. The molecule has 0 aromatic heterocycles. The van der Waals surface area contributed by atoms with Gasteiger partial charge < -0.3 is 14.9 Å². The van der Waals surface area contributed by atoms with E-state index >= 15 is 4.39 Å². The van der Waals surface area contributed by atoms with Crippen LogP contribution in [0.4, 0.5) is 4.39 Å². The molecule has 2 aromatic carbocycles. The average molecular weight is 334 g/mol. The number of fused-ring (bicyclic) bond motifs is 1. The number of aliphatic hydroxyl groups excluding tert-OH is 2. The van der Waals surface area contributed by atoms with Crippen LogP contribution in [0.1, 0.15) is 32.4 Å². The third kappa shape index (κ3) is 3.14. The minimum atomic E-state index is -2.95.